The number of nitrogens with two attached hydrogens (primary N) is 2. The second-order valence-electron chi connectivity index (χ2n) is 8.29. The summed E-state index contributed by atoms with van der Waals surface area (Å²) in [7, 11) is 0. The first-order valence-electron chi connectivity index (χ1n) is 10.6. The van der Waals surface area contributed by atoms with E-state index in [0.29, 0.717) is 0 Å². The zero-order chi connectivity index (χ0) is 25.1. The van der Waals surface area contributed by atoms with Gasteiger partial charge in [0.1, 0.15) is 18.1 Å². The predicted octanol–water partition coefficient (Wildman–Crippen LogP) is -0.963. The minimum atomic E-state index is -1.21. The minimum absolute atomic E-state index is 0.0137. The molecule has 182 valence electrons. The lowest BCUT2D eigenvalue weighted by molar-refractivity contribution is -0.142. The van der Waals surface area contributed by atoms with Gasteiger partial charge in [0.05, 0.1) is 12.5 Å². The van der Waals surface area contributed by atoms with Crippen molar-refractivity contribution in [2.24, 2.45) is 17.4 Å². The predicted molar refractivity (Wildman–Crippen MR) is 120 cm³/mol. The highest BCUT2D eigenvalue weighted by molar-refractivity contribution is 5.94. The van der Waals surface area contributed by atoms with Gasteiger partial charge in [-0.15, -0.1) is 0 Å². The smallest absolute Gasteiger partial charge is 0.326 e. The number of benzene rings is 1. The summed E-state index contributed by atoms with van der Waals surface area (Å²) in [4.78, 5) is 60.0. The Balaban J connectivity index is 2.78. The van der Waals surface area contributed by atoms with Gasteiger partial charge in [0.2, 0.25) is 23.6 Å². The number of carboxylic acid groups (broad SMARTS) is 1. The molecule has 0 aromatic heterocycles. The first-order chi connectivity index (χ1) is 15.4. The third-order valence-corrected chi connectivity index (χ3v) is 4.75. The lowest BCUT2D eigenvalue weighted by Crippen LogP contribution is -2.57. The Morgan fingerprint density at radius 3 is 1.97 bits per heavy atom. The first-order valence-corrected chi connectivity index (χ1v) is 10.6. The van der Waals surface area contributed by atoms with Crippen LogP contribution >= 0.6 is 0 Å². The normalized spacial score (nSPS) is 14.5. The number of hydrogen-bond acceptors (Lipinski definition) is 6. The zero-order valence-electron chi connectivity index (χ0n) is 19.0. The molecule has 4 amide bonds. The van der Waals surface area contributed by atoms with Crippen LogP contribution in [0.25, 0.3) is 0 Å². The van der Waals surface area contributed by atoms with E-state index < -0.39 is 53.8 Å². The third kappa shape index (κ3) is 10.1. The molecule has 33 heavy (non-hydrogen) atoms. The second-order valence-corrected chi connectivity index (χ2v) is 8.29. The molecule has 1 rings (SSSR count). The summed E-state index contributed by atoms with van der Waals surface area (Å²) in [5.41, 5.74) is 11.4. The molecule has 0 aliphatic rings. The van der Waals surface area contributed by atoms with Crippen molar-refractivity contribution in [2.75, 3.05) is 0 Å². The van der Waals surface area contributed by atoms with Crippen LogP contribution in [0.5, 0.6) is 0 Å². The van der Waals surface area contributed by atoms with Gasteiger partial charge < -0.3 is 32.5 Å². The van der Waals surface area contributed by atoms with Crippen LogP contribution in [0, 0.1) is 5.92 Å². The van der Waals surface area contributed by atoms with Crippen LogP contribution in [-0.4, -0.2) is 58.9 Å². The van der Waals surface area contributed by atoms with E-state index in [2.05, 4.69) is 16.0 Å². The van der Waals surface area contributed by atoms with Crippen LogP contribution in [0.1, 0.15) is 39.2 Å². The van der Waals surface area contributed by atoms with Crippen LogP contribution in [0.4, 0.5) is 0 Å². The van der Waals surface area contributed by atoms with E-state index in [4.69, 9.17) is 11.5 Å². The van der Waals surface area contributed by atoms with Gasteiger partial charge in [0, 0.05) is 6.42 Å². The Labute approximate surface area is 192 Å². The van der Waals surface area contributed by atoms with Gasteiger partial charge in [-0.1, -0.05) is 44.2 Å². The maximum absolute atomic E-state index is 12.7. The molecule has 0 aliphatic heterocycles. The van der Waals surface area contributed by atoms with E-state index in [1.807, 2.05) is 13.8 Å². The molecule has 11 heteroatoms. The highest BCUT2D eigenvalue weighted by Crippen LogP contribution is 2.07. The Bertz CT molecular complexity index is 845. The number of primary amides is 1. The summed E-state index contributed by atoms with van der Waals surface area (Å²) in [6, 6.07) is 4.34. The third-order valence-electron chi connectivity index (χ3n) is 4.75. The summed E-state index contributed by atoms with van der Waals surface area (Å²) in [6.07, 6.45) is -0.0496. The van der Waals surface area contributed by atoms with Gasteiger partial charge >= 0.3 is 5.97 Å². The van der Waals surface area contributed by atoms with E-state index in [9.17, 15) is 29.1 Å². The molecule has 4 unspecified atom stereocenters. The van der Waals surface area contributed by atoms with Crippen molar-refractivity contribution in [3.63, 3.8) is 0 Å². The molecular formula is C22H33N5O6. The average Bonchev–Trinajstić information content (AvgIpc) is 2.72. The number of rotatable bonds is 13. The van der Waals surface area contributed by atoms with E-state index in [1.165, 1.54) is 6.92 Å². The largest absolute Gasteiger partial charge is 0.480 e. The fourth-order valence-corrected chi connectivity index (χ4v) is 3.02. The van der Waals surface area contributed by atoms with Gasteiger partial charge in [0.25, 0.3) is 0 Å². The van der Waals surface area contributed by atoms with Gasteiger partial charge in [-0.3, -0.25) is 19.2 Å². The molecule has 0 radical (unpaired) electrons. The fourth-order valence-electron chi connectivity index (χ4n) is 3.02. The number of hydrogen-bond donors (Lipinski definition) is 6. The highest BCUT2D eigenvalue weighted by atomic mass is 16.4. The van der Waals surface area contributed by atoms with Gasteiger partial charge in [-0.05, 0) is 24.8 Å². The molecule has 11 nitrogen and oxygen atoms in total. The van der Waals surface area contributed by atoms with Crippen LogP contribution in [-0.2, 0) is 30.4 Å². The monoisotopic (exact) mass is 463 g/mol. The van der Waals surface area contributed by atoms with Crippen molar-refractivity contribution in [3.05, 3.63) is 35.9 Å². The molecule has 1 aromatic rings. The summed E-state index contributed by atoms with van der Waals surface area (Å²) >= 11 is 0. The maximum atomic E-state index is 12.7. The lowest BCUT2D eigenvalue weighted by atomic mass is 10.0. The lowest BCUT2D eigenvalue weighted by Gasteiger charge is -2.24. The molecule has 0 fully saturated rings. The Kier molecular flexibility index (Phi) is 11.0. The maximum Gasteiger partial charge on any atom is 0.326 e. The molecule has 8 N–H and O–H groups in total. The number of carbonyl (C=O) groups excluding carboxylic acids is 4. The summed E-state index contributed by atoms with van der Waals surface area (Å²) < 4.78 is 0. The number of carboxylic acids is 1. The van der Waals surface area contributed by atoms with Gasteiger partial charge in [-0.2, -0.15) is 0 Å². The van der Waals surface area contributed by atoms with Crippen LogP contribution in [0.3, 0.4) is 0 Å². The fraction of sp³-hybridized carbons (Fsp3) is 0.500. The van der Waals surface area contributed by atoms with Gasteiger partial charge in [-0.25, -0.2) is 4.79 Å². The molecule has 0 saturated heterocycles. The van der Waals surface area contributed by atoms with Crippen molar-refractivity contribution < 1.29 is 29.1 Å². The highest BCUT2D eigenvalue weighted by Gasteiger charge is 2.29. The van der Waals surface area contributed by atoms with Crippen LogP contribution < -0.4 is 27.4 Å². The molecular weight excluding hydrogens is 430 g/mol. The van der Waals surface area contributed by atoms with Crippen LogP contribution in [0.2, 0.25) is 0 Å². The Morgan fingerprint density at radius 2 is 1.45 bits per heavy atom. The van der Waals surface area contributed by atoms with Crippen molar-refractivity contribution in [3.8, 4) is 0 Å². The Hall–Kier alpha value is -3.47. The van der Waals surface area contributed by atoms with Gasteiger partial charge in [0.15, 0.2) is 0 Å². The van der Waals surface area contributed by atoms with E-state index >= 15 is 0 Å². The average molecular weight is 464 g/mol. The molecule has 0 saturated carbocycles. The standard InChI is InChI=1S/C22H33N5O6/c1-12(2)9-16(26-20(30)15(23)11-18(24)28)21(31)25-13(3)19(29)27-17(22(32)33)10-14-7-5-4-6-8-14/h4-8,12-13,15-17H,9-11,23H2,1-3H3,(H2,24,28)(H,25,31)(H,26,30)(H,27,29)(H,32,33). The quantitative estimate of drug-likeness (QED) is 0.217. The first kappa shape index (κ1) is 27.6. The molecule has 0 spiro atoms. The van der Waals surface area contributed by atoms with Crippen molar-refractivity contribution >= 4 is 29.6 Å². The molecule has 0 aliphatic carbocycles. The number of aliphatic carboxylic acids is 1. The summed E-state index contributed by atoms with van der Waals surface area (Å²) in [5.74, 6) is -4.00. The molecule has 4 atom stereocenters. The van der Waals surface area contributed by atoms with E-state index in [0.717, 1.165) is 5.56 Å². The number of carbonyl (C=O) groups is 5. The second kappa shape index (κ2) is 13.2. The molecule has 0 heterocycles. The summed E-state index contributed by atoms with van der Waals surface area (Å²) in [6.45, 7) is 5.08. The zero-order valence-corrected chi connectivity index (χ0v) is 19.0. The van der Waals surface area contributed by atoms with Crippen molar-refractivity contribution in [1.82, 2.24) is 16.0 Å². The van der Waals surface area contributed by atoms with E-state index in [1.54, 1.807) is 30.3 Å². The number of nitrogens with one attached hydrogen (secondary N) is 3. The SMILES string of the molecule is CC(C)CC(NC(=O)C(N)CC(N)=O)C(=O)NC(C)C(=O)NC(Cc1ccccc1)C(=O)O. The Morgan fingerprint density at radius 1 is 0.879 bits per heavy atom. The topological polar surface area (TPSA) is 194 Å². The van der Waals surface area contributed by atoms with E-state index in [-0.39, 0.29) is 25.2 Å². The molecule has 0 bridgehead atoms. The number of amides is 4. The van der Waals surface area contributed by atoms with Crippen molar-refractivity contribution in [2.45, 2.75) is 64.2 Å². The molecule has 1 aromatic carbocycles. The minimum Gasteiger partial charge on any atom is -0.480 e. The summed E-state index contributed by atoms with van der Waals surface area (Å²) in [5, 5.41) is 16.8. The van der Waals surface area contributed by atoms with Crippen LogP contribution in [0.15, 0.2) is 30.3 Å². The van der Waals surface area contributed by atoms with Crippen molar-refractivity contribution in [1.29, 1.82) is 0 Å².